The maximum atomic E-state index is 4.36. The molecule has 0 saturated heterocycles. The summed E-state index contributed by atoms with van der Waals surface area (Å²) in [6.07, 6.45) is 7.47. The van der Waals surface area contributed by atoms with Crippen LogP contribution in [0.5, 0.6) is 0 Å². The second-order valence-corrected chi connectivity index (χ2v) is 6.00. The number of para-hydroxylation sites is 1. The smallest absolute Gasteiger partial charge is 0.0950 e. The molecule has 1 N–H and O–H groups in total. The van der Waals surface area contributed by atoms with Crippen LogP contribution < -0.4 is 5.32 Å². The maximum absolute atomic E-state index is 4.36. The molecule has 0 bridgehead atoms. The van der Waals surface area contributed by atoms with Crippen LogP contribution in [0.1, 0.15) is 18.4 Å². The predicted octanol–water partition coefficient (Wildman–Crippen LogP) is 2.86. The summed E-state index contributed by atoms with van der Waals surface area (Å²) in [4.78, 5) is 6.60. The first-order valence-electron chi connectivity index (χ1n) is 7.76. The van der Waals surface area contributed by atoms with Gasteiger partial charge in [0.1, 0.15) is 0 Å². The Bertz CT molecular complexity index is 601. The van der Waals surface area contributed by atoms with Crippen LogP contribution in [0.25, 0.3) is 11.3 Å². The van der Waals surface area contributed by atoms with E-state index >= 15 is 0 Å². The van der Waals surface area contributed by atoms with Gasteiger partial charge in [-0.1, -0.05) is 18.2 Å². The Hall–Kier alpha value is -1.81. The van der Waals surface area contributed by atoms with Crippen LogP contribution >= 0.6 is 0 Å². The standard InChI is InChI=1S/C17H24N4/c1-20(2)10-3-4-11-21-13-18-12-16(21)15-7-5-6-14-8-9-19-17(14)15/h5-7,12-13,19H,3-4,8-11H2,1-2H3. The van der Waals surface area contributed by atoms with Crippen molar-refractivity contribution in [2.75, 3.05) is 32.5 Å². The third-order valence-electron chi connectivity index (χ3n) is 4.09. The van der Waals surface area contributed by atoms with E-state index in [2.05, 4.69) is 52.1 Å². The van der Waals surface area contributed by atoms with Crippen molar-refractivity contribution >= 4 is 5.69 Å². The molecule has 2 aromatic rings. The van der Waals surface area contributed by atoms with Gasteiger partial charge in [-0.15, -0.1) is 0 Å². The summed E-state index contributed by atoms with van der Waals surface area (Å²) in [5, 5.41) is 3.52. The topological polar surface area (TPSA) is 33.1 Å². The van der Waals surface area contributed by atoms with Gasteiger partial charge in [0, 0.05) is 24.3 Å². The fraction of sp³-hybridized carbons (Fsp3) is 0.471. The third-order valence-corrected chi connectivity index (χ3v) is 4.09. The summed E-state index contributed by atoms with van der Waals surface area (Å²) < 4.78 is 2.28. The number of nitrogens with zero attached hydrogens (tertiary/aromatic N) is 3. The number of anilines is 1. The monoisotopic (exact) mass is 284 g/mol. The van der Waals surface area contributed by atoms with Gasteiger partial charge in [-0.05, 0) is 45.5 Å². The van der Waals surface area contributed by atoms with Gasteiger partial charge in [-0.3, -0.25) is 0 Å². The minimum absolute atomic E-state index is 1.03. The molecule has 112 valence electrons. The SMILES string of the molecule is CN(C)CCCCn1cncc1-c1cccc2c1NCC2. The van der Waals surface area contributed by atoms with E-state index in [-0.39, 0.29) is 0 Å². The quantitative estimate of drug-likeness (QED) is 0.828. The number of nitrogens with one attached hydrogen (secondary N) is 1. The van der Waals surface area contributed by atoms with E-state index in [9.17, 15) is 0 Å². The number of imidazole rings is 1. The van der Waals surface area contributed by atoms with E-state index in [1.165, 1.54) is 35.3 Å². The highest BCUT2D eigenvalue weighted by Crippen LogP contribution is 2.34. The average molecular weight is 284 g/mol. The van der Waals surface area contributed by atoms with Gasteiger partial charge < -0.3 is 14.8 Å². The zero-order valence-corrected chi connectivity index (χ0v) is 13.0. The molecule has 3 rings (SSSR count). The molecule has 0 spiro atoms. The summed E-state index contributed by atoms with van der Waals surface area (Å²) in [6, 6.07) is 6.58. The lowest BCUT2D eigenvalue weighted by Crippen LogP contribution is -2.13. The van der Waals surface area contributed by atoms with Crippen LogP contribution in [-0.2, 0) is 13.0 Å². The number of aromatic nitrogens is 2. The van der Waals surface area contributed by atoms with Crippen LogP contribution in [0, 0.1) is 0 Å². The second kappa shape index (κ2) is 6.31. The van der Waals surface area contributed by atoms with Gasteiger partial charge in [0.25, 0.3) is 0 Å². The van der Waals surface area contributed by atoms with Gasteiger partial charge in [0.05, 0.1) is 18.2 Å². The van der Waals surface area contributed by atoms with E-state index in [4.69, 9.17) is 0 Å². The molecule has 1 aliphatic rings. The Morgan fingerprint density at radius 2 is 2.19 bits per heavy atom. The molecule has 4 heteroatoms. The van der Waals surface area contributed by atoms with Crippen molar-refractivity contribution in [2.45, 2.75) is 25.8 Å². The van der Waals surface area contributed by atoms with Crippen LogP contribution in [0.4, 0.5) is 5.69 Å². The molecule has 21 heavy (non-hydrogen) atoms. The van der Waals surface area contributed by atoms with Gasteiger partial charge in [0.2, 0.25) is 0 Å². The molecule has 0 amide bonds. The highest BCUT2D eigenvalue weighted by molar-refractivity contribution is 5.79. The Labute approximate surface area is 126 Å². The van der Waals surface area contributed by atoms with Crippen molar-refractivity contribution in [3.63, 3.8) is 0 Å². The van der Waals surface area contributed by atoms with Crippen LogP contribution in [0.3, 0.4) is 0 Å². The Balaban J connectivity index is 1.75. The molecule has 2 heterocycles. The minimum Gasteiger partial charge on any atom is -0.384 e. The number of benzene rings is 1. The molecule has 4 nitrogen and oxygen atoms in total. The molecule has 0 atom stereocenters. The molecule has 0 radical (unpaired) electrons. The van der Waals surface area contributed by atoms with Crippen molar-refractivity contribution in [3.8, 4) is 11.3 Å². The fourth-order valence-corrected chi connectivity index (χ4v) is 2.99. The van der Waals surface area contributed by atoms with Crippen LogP contribution in [-0.4, -0.2) is 41.6 Å². The largest absolute Gasteiger partial charge is 0.384 e. The van der Waals surface area contributed by atoms with Gasteiger partial charge in [-0.25, -0.2) is 4.98 Å². The number of fused-ring (bicyclic) bond motifs is 1. The second-order valence-electron chi connectivity index (χ2n) is 6.00. The number of hydrogen-bond acceptors (Lipinski definition) is 3. The van der Waals surface area contributed by atoms with Crippen molar-refractivity contribution < 1.29 is 0 Å². The van der Waals surface area contributed by atoms with E-state index in [1.54, 1.807) is 0 Å². The zero-order chi connectivity index (χ0) is 14.7. The first kappa shape index (κ1) is 14.1. The molecular weight excluding hydrogens is 260 g/mol. The van der Waals surface area contributed by atoms with Crippen molar-refractivity contribution in [1.29, 1.82) is 0 Å². The molecule has 0 unspecified atom stereocenters. The summed E-state index contributed by atoms with van der Waals surface area (Å²) in [5.74, 6) is 0. The van der Waals surface area contributed by atoms with Gasteiger partial charge in [-0.2, -0.15) is 0 Å². The normalized spacial score (nSPS) is 13.5. The van der Waals surface area contributed by atoms with Crippen LogP contribution in [0.15, 0.2) is 30.7 Å². The van der Waals surface area contributed by atoms with Crippen molar-refractivity contribution in [3.05, 3.63) is 36.3 Å². The first-order valence-corrected chi connectivity index (χ1v) is 7.76. The summed E-state index contributed by atoms with van der Waals surface area (Å²) in [6.45, 7) is 3.22. The lowest BCUT2D eigenvalue weighted by atomic mass is 10.1. The first-order chi connectivity index (χ1) is 10.3. The molecule has 0 saturated carbocycles. The lowest BCUT2D eigenvalue weighted by molar-refractivity contribution is 0.388. The molecular formula is C17H24N4. The molecule has 0 aliphatic carbocycles. The van der Waals surface area contributed by atoms with Crippen molar-refractivity contribution in [2.24, 2.45) is 0 Å². The number of aryl methyl sites for hydroxylation is 1. The summed E-state index contributed by atoms with van der Waals surface area (Å²) >= 11 is 0. The summed E-state index contributed by atoms with van der Waals surface area (Å²) in [7, 11) is 4.25. The highest BCUT2D eigenvalue weighted by Gasteiger charge is 2.16. The highest BCUT2D eigenvalue weighted by atomic mass is 15.1. The minimum atomic E-state index is 1.03. The van der Waals surface area contributed by atoms with E-state index in [0.717, 1.165) is 26.1 Å². The molecule has 1 aromatic heterocycles. The molecule has 0 fully saturated rings. The predicted molar refractivity (Wildman–Crippen MR) is 87.6 cm³/mol. The molecule has 1 aromatic carbocycles. The number of rotatable bonds is 6. The molecule has 1 aliphatic heterocycles. The van der Waals surface area contributed by atoms with Gasteiger partial charge >= 0.3 is 0 Å². The number of unbranched alkanes of at least 4 members (excludes halogenated alkanes) is 1. The lowest BCUT2D eigenvalue weighted by Gasteiger charge is -2.13. The van der Waals surface area contributed by atoms with Crippen LogP contribution in [0.2, 0.25) is 0 Å². The van der Waals surface area contributed by atoms with Gasteiger partial charge in [0.15, 0.2) is 0 Å². The summed E-state index contributed by atoms with van der Waals surface area (Å²) in [5.41, 5.74) is 5.24. The zero-order valence-electron chi connectivity index (χ0n) is 13.0. The van der Waals surface area contributed by atoms with Crippen molar-refractivity contribution in [1.82, 2.24) is 14.5 Å². The van der Waals surface area contributed by atoms with E-state index < -0.39 is 0 Å². The Morgan fingerprint density at radius 3 is 3.05 bits per heavy atom. The maximum Gasteiger partial charge on any atom is 0.0950 e. The average Bonchev–Trinajstić information content (AvgIpc) is 3.11. The third kappa shape index (κ3) is 3.10. The fourth-order valence-electron chi connectivity index (χ4n) is 2.99. The number of hydrogen-bond donors (Lipinski definition) is 1. The van der Waals surface area contributed by atoms with E-state index in [0.29, 0.717) is 0 Å². The Kier molecular flexibility index (Phi) is 4.25. The Morgan fingerprint density at radius 1 is 1.29 bits per heavy atom. The van der Waals surface area contributed by atoms with E-state index in [1.807, 2.05) is 12.5 Å².